The number of carbonyl (C=O) groups is 2. The normalized spacial score (nSPS) is 28.4. The molecule has 10 nitrogen and oxygen atoms in total. The maximum atomic E-state index is 14.0. The van der Waals surface area contributed by atoms with E-state index in [9.17, 15) is 24.3 Å². The van der Waals surface area contributed by atoms with Gasteiger partial charge in [-0.2, -0.15) is 0 Å². The van der Waals surface area contributed by atoms with Crippen LogP contribution in [0, 0.1) is 5.92 Å². The maximum Gasteiger partial charge on any atom is 0.297 e. The molecular weight excluding hydrogens is 518 g/mol. The number of methoxy groups -OCH3 is 1. The van der Waals surface area contributed by atoms with Crippen molar-refractivity contribution >= 4 is 25.8 Å². The van der Waals surface area contributed by atoms with Gasteiger partial charge in [0.05, 0.1) is 38.0 Å². The Morgan fingerprint density at radius 1 is 1.26 bits per heavy atom. The molecule has 3 aliphatic rings. The fourth-order valence-corrected chi connectivity index (χ4v) is 9.55. The number of anilines is 1. The Hall–Kier alpha value is -2.99. The van der Waals surface area contributed by atoms with Crippen molar-refractivity contribution in [1.29, 1.82) is 0 Å². The molecule has 1 aromatic heterocycles. The van der Waals surface area contributed by atoms with Gasteiger partial charge >= 0.3 is 0 Å². The second kappa shape index (κ2) is 9.88. The summed E-state index contributed by atoms with van der Waals surface area (Å²) in [4.78, 5) is 55.0. The molecular formula is C28H37N3O7Si. The number of rotatable bonds is 6. The van der Waals surface area contributed by atoms with E-state index in [0.29, 0.717) is 23.5 Å². The van der Waals surface area contributed by atoms with Crippen molar-refractivity contribution in [1.82, 2.24) is 9.47 Å². The molecule has 0 aliphatic carbocycles. The number of amides is 2. The number of likely N-dealkylation sites (N-methyl/N-ethyl adjacent to an activating group) is 1. The zero-order valence-electron chi connectivity index (χ0n) is 23.1. The average molecular weight is 556 g/mol. The van der Waals surface area contributed by atoms with Gasteiger partial charge in [-0.3, -0.25) is 19.0 Å². The van der Waals surface area contributed by atoms with E-state index in [1.165, 1.54) is 11.7 Å². The lowest BCUT2D eigenvalue weighted by Gasteiger charge is -2.32. The maximum absolute atomic E-state index is 14.0. The van der Waals surface area contributed by atoms with Crippen LogP contribution in [0.5, 0.6) is 5.75 Å². The number of likely N-dealkylation sites (tertiary alicyclic amines) is 1. The molecule has 2 aromatic rings. The first-order valence-corrected chi connectivity index (χ1v) is 16.5. The number of aliphatic hydroxyl groups excluding tert-OH is 1. The molecule has 210 valence electrons. The Labute approximate surface area is 228 Å². The summed E-state index contributed by atoms with van der Waals surface area (Å²) in [6, 6.07) is 8.45. The predicted octanol–water partition coefficient (Wildman–Crippen LogP) is 1.99. The van der Waals surface area contributed by atoms with Crippen molar-refractivity contribution in [3.05, 3.63) is 52.4 Å². The zero-order chi connectivity index (χ0) is 28.3. The van der Waals surface area contributed by atoms with Crippen LogP contribution in [-0.2, 0) is 19.9 Å². The van der Waals surface area contributed by atoms with Crippen LogP contribution in [0.4, 0.5) is 5.69 Å². The number of hydrogen-bond acceptors (Lipinski definition) is 7. The molecule has 3 aliphatic heterocycles. The largest absolute Gasteiger partial charge is 0.491 e. The highest BCUT2D eigenvalue weighted by atomic mass is 28.4. The summed E-state index contributed by atoms with van der Waals surface area (Å²) in [5.41, 5.74) is -0.316. The summed E-state index contributed by atoms with van der Waals surface area (Å²) in [5, 5.41) is 9.74. The Bertz CT molecular complexity index is 1360. The number of fused-ring (bicyclic) bond motifs is 2. The van der Waals surface area contributed by atoms with Crippen LogP contribution >= 0.6 is 0 Å². The molecule has 0 unspecified atom stereocenters. The zero-order valence-corrected chi connectivity index (χ0v) is 24.1. The van der Waals surface area contributed by atoms with Gasteiger partial charge < -0.3 is 29.2 Å². The quantitative estimate of drug-likeness (QED) is 0.523. The molecule has 2 amide bonds. The molecule has 0 saturated carbocycles. The van der Waals surface area contributed by atoms with Gasteiger partial charge in [-0.05, 0) is 56.3 Å². The average Bonchev–Trinajstić information content (AvgIpc) is 3.55. The van der Waals surface area contributed by atoms with Gasteiger partial charge in [0.15, 0.2) is 19.7 Å². The fourth-order valence-electron chi connectivity index (χ4n) is 7.00. The van der Waals surface area contributed by atoms with Gasteiger partial charge in [-0.1, -0.05) is 6.92 Å². The van der Waals surface area contributed by atoms with Crippen LogP contribution < -0.4 is 15.2 Å². The van der Waals surface area contributed by atoms with Gasteiger partial charge in [0.25, 0.3) is 11.5 Å². The van der Waals surface area contributed by atoms with Crippen LogP contribution in [0.15, 0.2) is 41.3 Å². The molecule has 2 fully saturated rings. The minimum atomic E-state index is -2.93. The molecule has 1 spiro atoms. The van der Waals surface area contributed by atoms with Crippen molar-refractivity contribution in [2.45, 2.75) is 62.6 Å². The smallest absolute Gasteiger partial charge is 0.297 e. The second-order valence-electron chi connectivity index (χ2n) is 11.4. The van der Waals surface area contributed by atoms with Gasteiger partial charge in [-0.25, -0.2) is 0 Å². The summed E-state index contributed by atoms with van der Waals surface area (Å²) in [6.07, 6.45) is 2.56. The Morgan fingerprint density at radius 3 is 2.67 bits per heavy atom. The lowest BCUT2D eigenvalue weighted by molar-refractivity contribution is -0.149. The van der Waals surface area contributed by atoms with Gasteiger partial charge in [0.2, 0.25) is 5.91 Å². The van der Waals surface area contributed by atoms with Crippen LogP contribution in [0.1, 0.15) is 31.7 Å². The molecule has 11 heteroatoms. The highest BCUT2D eigenvalue weighted by molar-refractivity contribution is 6.71. The number of carbonyl (C=O) groups excluding carboxylic acids is 2. The third-order valence-corrected chi connectivity index (χ3v) is 11.3. The van der Waals surface area contributed by atoms with E-state index in [1.54, 1.807) is 53.4 Å². The van der Waals surface area contributed by atoms with Crippen LogP contribution in [0.3, 0.4) is 0 Å². The van der Waals surface area contributed by atoms with E-state index in [0.717, 1.165) is 12.8 Å². The van der Waals surface area contributed by atoms with Crippen LogP contribution in [0.25, 0.3) is 5.69 Å². The fraction of sp³-hybridized carbons (Fsp3) is 0.536. The van der Waals surface area contributed by atoms with Crippen molar-refractivity contribution in [3.8, 4) is 11.4 Å². The first-order chi connectivity index (χ1) is 18.4. The number of benzene rings is 1. The number of aliphatic hydroxyl groups is 1. The molecule has 39 heavy (non-hydrogen) atoms. The highest BCUT2D eigenvalue weighted by Crippen LogP contribution is 2.59. The van der Waals surface area contributed by atoms with E-state index < -0.39 is 31.5 Å². The molecule has 5 rings (SSSR count). The summed E-state index contributed by atoms with van der Waals surface area (Å²) < 4.78 is 13.4. The van der Waals surface area contributed by atoms with Gasteiger partial charge in [0.1, 0.15) is 0 Å². The van der Waals surface area contributed by atoms with Gasteiger partial charge in [0, 0.05) is 42.5 Å². The van der Waals surface area contributed by atoms with Crippen molar-refractivity contribution in [3.63, 3.8) is 0 Å². The molecule has 1 aromatic carbocycles. The molecule has 0 radical (unpaired) electrons. The Kier molecular flexibility index (Phi) is 6.99. The van der Waals surface area contributed by atoms with E-state index in [1.807, 2.05) is 20.0 Å². The molecule has 4 heterocycles. The lowest BCUT2D eigenvalue weighted by Crippen LogP contribution is -2.45. The van der Waals surface area contributed by atoms with Crippen LogP contribution in [0.2, 0.25) is 18.6 Å². The minimum absolute atomic E-state index is 0.0195. The summed E-state index contributed by atoms with van der Waals surface area (Å²) in [6.45, 7) is 6.03. The first-order valence-electron chi connectivity index (χ1n) is 13.4. The third kappa shape index (κ3) is 4.23. The second-order valence-corrected chi connectivity index (χ2v) is 15.4. The van der Waals surface area contributed by atoms with Crippen molar-refractivity contribution < 1.29 is 29.0 Å². The highest BCUT2D eigenvalue weighted by Gasteiger charge is 2.66. The van der Waals surface area contributed by atoms with E-state index in [4.69, 9.17) is 9.47 Å². The SMILES string of the molecule is COc1cccn(-c2ccc3c(c2)[C@]2(O[C@@H](CC(=O)N4CCC[C@H]4CO)[C@H]([Si](C)(C)O)[C@H]2C)C(=O)N3C)c1=O. The number of nitrogens with zero attached hydrogens (tertiary/aromatic N) is 3. The number of hydrogen-bond donors (Lipinski definition) is 2. The Morgan fingerprint density at radius 2 is 2.00 bits per heavy atom. The van der Waals surface area contributed by atoms with E-state index >= 15 is 0 Å². The van der Waals surface area contributed by atoms with Gasteiger partial charge in [-0.15, -0.1) is 0 Å². The monoisotopic (exact) mass is 555 g/mol. The topological polar surface area (TPSA) is 122 Å². The summed E-state index contributed by atoms with van der Waals surface area (Å²) in [5.74, 6) is -0.628. The minimum Gasteiger partial charge on any atom is -0.491 e. The number of pyridine rings is 1. The van der Waals surface area contributed by atoms with Crippen LogP contribution in [-0.4, -0.2) is 79.0 Å². The van der Waals surface area contributed by atoms with Crippen molar-refractivity contribution in [2.24, 2.45) is 5.92 Å². The number of aromatic nitrogens is 1. The number of ether oxygens (including phenoxy) is 2. The molecule has 2 saturated heterocycles. The standard InChI is InChI=1S/C28H37N3O7Si/c1-17-25(39(4,5)36)23(15-24(33)30-12-6-8-19(30)16-32)38-28(17)20-14-18(10-11-21(20)29(2)27(28)35)31-13-7-9-22(37-3)26(31)34/h7,9-11,13-14,17,19,23,25,32,36H,6,8,12,15-16H2,1-5H3/t17-,19+,23+,25-,28+/m1/s1. The molecule has 0 bridgehead atoms. The molecule has 2 N–H and O–H groups in total. The lowest BCUT2D eigenvalue weighted by atomic mass is 9.82. The van der Waals surface area contributed by atoms with E-state index in [-0.39, 0.29) is 42.2 Å². The van der Waals surface area contributed by atoms with E-state index in [2.05, 4.69) is 0 Å². The van der Waals surface area contributed by atoms with Crippen molar-refractivity contribution in [2.75, 3.05) is 32.2 Å². The summed E-state index contributed by atoms with van der Waals surface area (Å²) >= 11 is 0. The third-order valence-electron chi connectivity index (χ3n) is 8.79. The first kappa shape index (κ1) is 27.6. The predicted molar refractivity (Wildman–Crippen MR) is 148 cm³/mol. The molecule has 5 atom stereocenters. The summed E-state index contributed by atoms with van der Waals surface area (Å²) in [7, 11) is 0.192. The Balaban J connectivity index is 1.59.